The van der Waals surface area contributed by atoms with E-state index in [4.69, 9.17) is 11.6 Å². The normalized spacial score (nSPS) is 10.1. The Morgan fingerprint density at radius 3 is 2.62 bits per heavy atom. The zero-order valence-corrected chi connectivity index (χ0v) is 8.99. The van der Waals surface area contributed by atoms with E-state index in [0.29, 0.717) is 0 Å². The average Bonchev–Trinajstić information content (AvgIpc) is 2.16. The lowest BCUT2D eigenvalue weighted by atomic mass is 9.98. The van der Waals surface area contributed by atoms with Crippen LogP contribution < -0.4 is 0 Å². The second-order valence-corrected chi connectivity index (χ2v) is 3.55. The summed E-state index contributed by atoms with van der Waals surface area (Å²) in [5.41, 5.74) is 3.74. The summed E-state index contributed by atoms with van der Waals surface area (Å²) in [6.07, 6.45) is 2.00. The van der Waals surface area contributed by atoms with Crippen molar-refractivity contribution in [3.63, 3.8) is 0 Å². The van der Waals surface area contributed by atoms with Gasteiger partial charge in [0.1, 0.15) is 0 Å². The van der Waals surface area contributed by atoms with Crippen molar-refractivity contribution in [3.8, 4) is 0 Å². The maximum Gasteiger partial charge on any atom is 0.0409 e. The van der Waals surface area contributed by atoms with Crippen molar-refractivity contribution in [1.82, 2.24) is 0 Å². The molecule has 13 heavy (non-hydrogen) atoms. The van der Waals surface area contributed by atoms with Gasteiger partial charge in [-0.25, -0.2) is 0 Å². The fourth-order valence-corrected chi connectivity index (χ4v) is 1.58. The third kappa shape index (κ3) is 2.35. The van der Waals surface area contributed by atoms with Gasteiger partial charge < -0.3 is 0 Å². The van der Waals surface area contributed by atoms with Crippen molar-refractivity contribution in [3.05, 3.63) is 40.9 Å². The molecule has 1 aromatic rings. The Morgan fingerprint density at radius 1 is 1.38 bits per heavy atom. The third-order valence-electron chi connectivity index (χ3n) is 2.26. The zero-order valence-electron chi connectivity index (χ0n) is 8.23. The molecule has 70 valence electrons. The van der Waals surface area contributed by atoms with Crippen molar-refractivity contribution in [2.75, 3.05) is 0 Å². The molecule has 0 N–H and O–H groups in total. The zero-order chi connectivity index (χ0) is 9.84. The number of aryl methyl sites for hydroxylation is 1. The molecule has 0 aliphatic rings. The molecule has 0 atom stereocenters. The smallest absolute Gasteiger partial charge is 0.0409 e. The number of hydrogen-bond donors (Lipinski definition) is 0. The van der Waals surface area contributed by atoms with Crippen LogP contribution in [0.3, 0.4) is 0 Å². The fraction of sp³-hybridized carbons (Fsp3) is 0.333. The Morgan fingerprint density at radius 2 is 2.08 bits per heavy atom. The van der Waals surface area contributed by atoms with Gasteiger partial charge in [-0.2, -0.15) is 0 Å². The van der Waals surface area contributed by atoms with Crippen LogP contribution >= 0.6 is 11.6 Å². The van der Waals surface area contributed by atoms with Crippen LogP contribution in [0.25, 0.3) is 5.57 Å². The first-order valence-corrected chi connectivity index (χ1v) is 5.03. The maximum atomic E-state index is 5.91. The lowest BCUT2D eigenvalue weighted by Crippen LogP contribution is -1.90. The molecule has 0 fully saturated rings. The molecule has 0 aliphatic heterocycles. The van der Waals surface area contributed by atoms with Crippen LogP contribution in [0.15, 0.2) is 24.8 Å². The first-order valence-electron chi connectivity index (χ1n) is 4.65. The topological polar surface area (TPSA) is 0 Å². The highest BCUT2D eigenvalue weighted by Gasteiger charge is 2.03. The number of hydrogen-bond acceptors (Lipinski definition) is 0. The molecular formula is C12H15Cl. The molecule has 1 rings (SSSR count). The molecular weight excluding hydrogens is 180 g/mol. The summed E-state index contributed by atoms with van der Waals surface area (Å²) in [6.45, 7) is 8.30. The van der Waals surface area contributed by atoms with Crippen molar-refractivity contribution in [2.45, 2.75) is 26.7 Å². The van der Waals surface area contributed by atoms with E-state index in [2.05, 4.69) is 26.5 Å². The standard InChI is InChI=1S/C12H15Cl/c1-4-9(3)12-7-6-11(13)8-10(12)5-2/h6-8H,3-5H2,1-2H3. The van der Waals surface area contributed by atoms with Gasteiger partial charge in [-0.1, -0.05) is 38.1 Å². The molecule has 0 nitrogen and oxygen atoms in total. The van der Waals surface area contributed by atoms with Crippen LogP contribution in [0.2, 0.25) is 5.02 Å². The van der Waals surface area contributed by atoms with E-state index in [-0.39, 0.29) is 0 Å². The van der Waals surface area contributed by atoms with Gasteiger partial charge in [0, 0.05) is 5.02 Å². The summed E-state index contributed by atoms with van der Waals surface area (Å²) in [5, 5.41) is 0.810. The van der Waals surface area contributed by atoms with E-state index in [1.807, 2.05) is 12.1 Å². The molecule has 0 saturated carbocycles. The lowest BCUT2D eigenvalue weighted by Gasteiger charge is -2.09. The number of halogens is 1. The van der Waals surface area contributed by atoms with Crippen molar-refractivity contribution < 1.29 is 0 Å². The van der Waals surface area contributed by atoms with Crippen molar-refractivity contribution in [2.24, 2.45) is 0 Å². The van der Waals surface area contributed by atoms with Gasteiger partial charge >= 0.3 is 0 Å². The predicted octanol–water partition coefficient (Wildman–Crippen LogP) is 4.33. The van der Waals surface area contributed by atoms with Crippen molar-refractivity contribution in [1.29, 1.82) is 0 Å². The van der Waals surface area contributed by atoms with Gasteiger partial charge in [0.25, 0.3) is 0 Å². The first-order chi connectivity index (χ1) is 6.19. The van der Waals surface area contributed by atoms with E-state index in [0.717, 1.165) is 17.9 Å². The molecule has 0 spiro atoms. The molecule has 1 heteroatoms. The number of allylic oxidation sites excluding steroid dienone is 1. The maximum absolute atomic E-state index is 5.91. The van der Waals surface area contributed by atoms with Gasteiger partial charge in [0.15, 0.2) is 0 Å². The lowest BCUT2D eigenvalue weighted by molar-refractivity contribution is 1.11. The van der Waals surface area contributed by atoms with Gasteiger partial charge in [-0.05, 0) is 41.7 Å². The Bertz CT molecular complexity index is 313. The molecule has 0 radical (unpaired) electrons. The van der Waals surface area contributed by atoms with E-state index in [9.17, 15) is 0 Å². The quantitative estimate of drug-likeness (QED) is 0.672. The van der Waals surface area contributed by atoms with Gasteiger partial charge in [0.05, 0.1) is 0 Å². The Hall–Kier alpha value is -0.750. The summed E-state index contributed by atoms with van der Waals surface area (Å²) in [7, 11) is 0. The number of rotatable bonds is 3. The second-order valence-electron chi connectivity index (χ2n) is 3.11. The van der Waals surface area contributed by atoms with E-state index in [1.165, 1.54) is 16.7 Å². The summed E-state index contributed by atoms with van der Waals surface area (Å²) in [4.78, 5) is 0. The van der Waals surface area contributed by atoms with Crippen LogP contribution in [0.4, 0.5) is 0 Å². The van der Waals surface area contributed by atoms with E-state index in [1.54, 1.807) is 0 Å². The minimum Gasteiger partial charge on any atom is -0.0952 e. The highest BCUT2D eigenvalue weighted by Crippen LogP contribution is 2.24. The largest absolute Gasteiger partial charge is 0.0952 e. The minimum absolute atomic E-state index is 0.810. The second kappa shape index (κ2) is 4.48. The summed E-state index contributed by atoms with van der Waals surface area (Å²) < 4.78 is 0. The van der Waals surface area contributed by atoms with E-state index >= 15 is 0 Å². The minimum atomic E-state index is 0.810. The number of benzene rings is 1. The fourth-order valence-electron chi connectivity index (χ4n) is 1.39. The Balaban J connectivity index is 3.13. The summed E-state index contributed by atoms with van der Waals surface area (Å²) in [6, 6.07) is 6.02. The van der Waals surface area contributed by atoms with E-state index < -0.39 is 0 Å². The van der Waals surface area contributed by atoms with Crippen LogP contribution in [0.1, 0.15) is 31.4 Å². The molecule has 0 aromatic heterocycles. The monoisotopic (exact) mass is 194 g/mol. The average molecular weight is 195 g/mol. The first kappa shape index (κ1) is 10.3. The molecule has 0 aliphatic carbocycles. The molecule has 0 saturated heterocycles. The summed E-state index contributed by atoms with van der Waals surface area (Å²) >= 11 is 5.91. The van der Waals surface area contributed by atoms with Crippen LogP contribution in [0.5, 0.6) is 0 Å². The molecule has 1 aromatic carbocycles. The third-order valence-corrected chi connectivity index (χ3v) is 2.49. The molecule has 0 unspecified atom stereocenters. The Labute approximate surface area is 85.2 Å². The Kier molecular flexibility index (Phi) is 3.56. The highest BCUT2D eigenvalue weighted by molar-refractivity contribution is 6.30. The molecule has 0 heterocycles. The van der Waals surface area contributed by atoms with Gasteiger partial charge in [-0.15, -0.1) is 0 Å². The highest BCUT2D eigenvalue weighted by atomic mass is 35.5. The predicted molar refractivity (Wildman–Crippen MR) is 60.2 cm³/mol. The van der Waals surface area contributed by atoms with Gasteiger partial charge in [-0.3, -0.25) is 0 Å². The van der Waals surface area contributed by atoms with Crippen molar-refractivity contribution >= 4 is 17.2 Å². The SMILES string of the molecule is C=C(CC)c1ccc(Cl)cc1CC. The van der Waals surface area contributed by atoms with Crippen LogP contribution in [-0.4, -0.2) is 0 Å². The van der Waals surface area contributed by atoms with Crippen LogP contribution in [-0.2, 0) is 6.42 Å². The van der Waals surface area contributed by atoms with Gasteiger partial charge in [0.2, 0.25) is 0 Å². The molecule has 0 amide bonds. The molecule has 0 bridgehead atoms. The summed E-state index contributed by atoms with van der Waals surface area (Å²) in [5.74, 6) is 0. The van der Waals surface area contributed by atoms with Crippen LogP contribution in [0, 0.1) is 0 Å².